The molecule has 1 fully saturated rings. The lowest BCUT2D eigenvalue weighted by molar-refractivity contribution is -0.132. The maximum Gasteiger partial charge on any atom is 0.256 e. The monoisotopic (exact) mass is 329 g/mol. The Bertz CT molecular complexity index is 798. The zero-order valence-corrected chi connectivity index (χ0v) is 13.1. The highest BCUT2D eigenvalue weighted by Gasteiger charge is 2.25. The van der Waals surface area contributed by atoms with E-state index in [2.05, 4.69) is 10.4 Å². The molecule has 7 nitrogen and oxygen atoms in total. The molecule has 1 amide bonds. The lowest BCUT2D eigenvalue weighted by Crippen LogP contribution is -2.46. The number of carbonyl (C=O) groups is 1. The zero-order valence-electron chi connectivity index (χ0n) is 13.1. The number of halogens is 1. The third kappa shape index (κ3) is 3.42. The summed E-state index contributed by atoms with van der Waals surface area (Å²) >= 11 is 0. The van der Waals surface area contributed by atoms with E-state index in [1.165, 1.54) is 23.0 Å². The molecule has 1 atom stereocenters. The minimum Gasteiger partial charge on any atom is -0.366 e. The average Bonchev–Trinajstić information content (AvgIpc) is 3.02. The third-order valence-corrected chi connectivity index (χ3v) is 3.73. The summed E-state index contributed by atoms with van der Waals surface area (Å²) in [6.45, 7) is 1.80. The van der Waals surface area contributed by atoms with Gasteiger partial charge in [-0.3, -0.25) is 4.79 Å². The van der Waals surface area contributed by atoms with Crippen molar-refractivity contribution in [2.75, 3.05) is 32.1 Å². The number of aromatic nitrogens is 2. The molecule has 124 valence electrons. The Morgan fingerprint density at radius 2 is 2.33 bits per heavy atom. The van der Waals surface area contributed by atoms with Crippen molar-refractivity contribution >= 4 is 11.7 Å². The second-order valence-electron chi connectivity index (χ2n) is 5.53. The molecule has 1 aliphatic heterocycles. The van der Waals surface area contributed by atoms with Crippen molar-refractivity contribution < 1.29 is 13.9 Å². The van der Waals surface area contributed by atoms with E-state index in [0.717, 1.165) is 12.6 Å². The molecule has 1 N–H and O–H groups in total. The fourth-order valence-corrected chi connectivity index (χ4v) is 2.43. The number of nitrogens with zero attached hydrogens (tertiary/aromatic N) is 4. The third-order valence-electron chi connectivity index (χ3n) is 3.73. The molecule has 0 radical (unpaired) electrons. The molecule has 24 heavy (non-hydrogen) atoms. The van der Waals surface area contributed by atoms with Crippen molar-refractivity contribution in [2.24, 2.45) is 0 Å². The van der Waals surface area contributed by atoms with E-state index < -0.39 is 11.9 Å². The fourth-order valence-electron chi connectivity index (χ4n) is 2.43. The van der Waals surface area contributed by atoms with Crippen LogP contribution >= 0.6 is 0 Å². The van der Waals surface area contributed by atoms with Crippen LogP contribution in [-0.2, 0) is 9.53 Å². The molecule has 1 saturated heterocycles. The van der Waals surface area contributed by atoms with Crippen LogP contribution in [-0.4, -0.2) is 53.4 Å². The zero-order chi connectivity index (χ0) is 17.1. The minimum absolute atomic E-state index is 0.197. The summed E-state index contributed by atoms with van der Waals surface area (Å²) < 4.78 is 20.7. The first-order valence-electron chi connectivity index (χ1n) is 7.43. The number of rotatable bonds is 3. The van der Waals surface area contributed by atoms with E-state index in [1.54, 1.807) is 6.07 Å². The largest absolute Gasteiger partial charge is 0.366 e. The molecule has 0 bridgehead atoms. The first-order chi connectivity index (χ1) is 11.6. The number of ether oxygens (including phenoxy) is 1. The standard InChI is InChI=1S/C16H16FN5O2/c1-21-6-7-24-14(10-21)16(23)19-15-4-5-22(20-15)13-3-2-11(9-18)8-12(13)17/h2-5,8,14H,6-7,10H2,1H3,(H,19,20,23). The van der Waals surface area contributed by atoms with Crippen molar-refractivity contribution in [3.8, 4) is 11.8 Å². The van der Waals surface area contributed by atoms with Crippen LogP contribution in [0.1, 0.15) is 5.56 Å². The van der Waals surface area contributed by atoms with Gasteiger partial charge in [0, 0.05) is 25.4 Å². The number of amides is 1. The highest BCUT2D eigenvalue weighted by atomic mass is 19.1. The highest BCUT2D eigenvalue weighted by Crippen LogP contribution is 2.16. The van der Waals surface area contributed by atoms with Gasteiger partial charge < -0.3 is 15.0 Å². The van der Waals surface area contributed by atoms with Crippen LogP contribution in [0.15, 0.2) is 30.5 Å². The van der Waals surface area contributed by atoms with E-state index >= 15 is 0 Å². The summed E-state index contributed by atoms with van der Waals surface area (Å²) in [7, 11) is 1.92. The molecule has 2 heterocycles. The molecule has 0 saturated carbocycles. The molecule has 3 rings (SSSR count). The van der Waals surface area contributed by atoms with E-state index in [0.29, 0.717) is 19.0 Å². The van der Waals surface area contributed by atoms with Gasteiger partial charge in [0.2, 0.25) is 0 Å². The van der Waals surface area contributed by atoms with Gasteiger partial charge in [0.1, 0.15) is 17.6 Å². The predicted molar refractivity (Wildman–Crippen MR) is 84.1 cm³/mol. The number of anilines is 1. The lowest BCUT2D eigenvalue weighted by atomic mass is 10.2. The summed E-state index contributed by atoms with van der Waals surface area (Å²) in [4.78, 5) is 14.2. The first-order valence-corrected chi connectivity index (χ1v) is 7.43. The molecule has 1 aromatic heterocycles. The summed E-state index contributed by atoms with van der Waals surface area (Å²) in [5, 5.41) is 15.6. The number of benzene rings is 1. The molecule has 0 aliphatic carbocycles. The van der Waals surface area contributed by atoms with Gasteiger partial charge >= 0.3 is 0 Å². The highest BCUT2D eigenvalue weighted by molar-refractivity contribution is 5.93. The fraction of sp³-hybridized carbons (Fsp3) is 0.312. The predicted octanol–water partition coefficient (Wildman–Crippen LogP) is 1.15. The van der Waals surface area contributed by atoms with Gasteiger partial charge in [-0.25, -0.2) is 9.07 Å². The number of hydrogen-bond acceptors (Lipinski definition) is 5. The van der Waals surface area contributed by atoms with Crippen molar-refractivity contribution in [1.29, 1.82) is 5.26 Å². The first kappa shape index (κ1) is 16.1. The van der Waals surface area contributed by atoms with Crippen molar-refractivity contribution in [2.45, 2.75) is 6.10 Å². The van der Waals surface area contributed by atoms with Crippen LogP contribution in [0, 0.1) is 17.1 Å². The van der Waals surface area contributed by atoms with Gasteiger partial charge in [-0.1, -0.05) is 0 Å². The van der Waals surface area contributed by atoms with E-state index in [4.69, 9.17) is 10.00 Å². The van der Waals surface area contributed by atoms with Gasteiger partial charge in [0.25, 0.3) is 5.91 Å². The number of carbonyl (C=O) groups excluding carboxylic acids is 1. The topological polar surface area (TPSA) is 83.2 Å². The summed E-state index contributed by atoms with van der Waals surface area (Å²) in [6.07, 6.45) is 0.981. The van der Waals surface area contributed by atoms with E-state index in [1.807, 2.05) is 18.0 Å². The summed E-state index contributed by atoms with van der Waals surface area (Å²) in [6, 6.07) is 7.55. The smallest absolute Gasteiger partial charge is 0.256 e. The molecule has 2 aromatic rings. The number of hydrogen-bond donors (Lipinski definition) is 1. The summed E-state index contributed by atoms with van der Waals surface area (Å²) in [5.41, 5.74) is 0.429. The summed E-state index contributed by atoms with van der Waals surface area (Å²) in [5.74, 6) is -0.542. The number of likely N-dealkylation sites (N-methyl/N-ethyl adjacent to an activating group) is 1. The minimum atomic E-state index is -0.563. The van der Waals surface area contributed by atoms with Crippen LogP contribution in [0.25, 0.3) is 5.69 Å². The van der Waals surface area contributed by atoms with Gasteiger partial charge in [0.15, 0.2) is 5.82 Å². The molecular weight excluding hydrogens is 313 g/mol. The Labute approximate surface area is 138 Å². The van der Waals surface area contributed by atoms with Crippen LogP contribution in [0.3, 0.4) is 0 Å². The van der Waals surface area contributed by atoms with Gasteiger partial charge in [-0.15, -0.1) is 5.10 Å². The second kappa shape index (κ2) is 6.78. The van der Waals surface area contributed by atoms with Crippen LogP contribution in [0.2, 0.25) is 0 Å². The molecule has 1 aliphatic rings. The molecule has 1 unspecified atom stereocenters. The van der Waals surface area contributed by atoms with Crippen molar-refractivity contribution in [3.05, 3.63) is 41.8 Å². The Balaban J connectivity index is 1.72. The van der Waals surface area contributed by atoms with Gasteiger partial charge in [0.05, 0.1) is 18.2 Å². The van der Waals surface area contributed by atoms with E-state index in [9.17, 15) is 9.18 Å². The second-order valence-corrected chi connectivity index (χ2v) is 5.53. The van der Waals surface area contributed by atoms with Crippen molar-refractivity contribution in [3.63, 3.8) is 0 Å². The SMILES string of the molecule is CN1CCOC(C(=O)Nc2ccn(-c3ccc(C#N)cc3F)n2)C1. The number of morpholine rings is 1. The van der Waals surface area contributed by atoms with Gasteiger partial charge in [-0.2, -0.15) is 5.26 Å². The molecule has 0 spiro atoms. The van der Waals surface area contributed by atoms with Crippen LogP contribution < -0.4 is 5.32 Å². The van der Waals surface area contributed by atoms with Crippen LogP contribution in [0.4, 0.5) is 10.2 Å². The number of nitriles is 1. The van der Waals surface area contributed by atoms with Crippen LogP contribution in [0.5, 0.6) is 0 Å². The molecule has 8 heteroatoms. The average molecular weight is 329 g/mol. The molecule has 1 aromatic carbocycles. The quantitative estimate of drug-likeness (QED) is 0.913. The Morgan fingerprint density at radius 3 is 3.04 bits per heavy atom. The normalized spacial score (nSPS) is 18.1. The van der Waals surface area contributed by atoms with Gasteiger partial charge in [-0.05, 0) is 25.2 Å². The maximum atomic E-state index is 14.0. The van der Waals surface area contributed by atoms with E-state index in [-0.39, 0.29) is 17.2 Å². The Morgan fingerprint density at radius 1 is 1.50 bits per heavy atom. The Hall–Kier alpha value is -2.76. The lowest BCUT2D eigenvalue weighted by Gasteiger charge is -2.28. The van der Waals surface area contributed by atoms with Crippen molar-refractivity contribution in [1.82, 2.24) is 14.7 Å². The molecular formula is C16H16FN5O2. The number of nitrogens with one attached hydrogen (secondary N) is 1. The maximum absolute atomic E-state index is 14.0. The Kier molecular flexibility index (Phi) is 4.55.